The number of ether oxygens (including phenoxy) is 4. The van der Waals surface area contributed by atoms with Crippen molar-refractivity contribution in [2.75, 3.05) is 7.11 Å². The number of amides is 1. The second kappa shape index (κ2) is 4.45. The van der Waals surface area contributed by atoms with Crippen LogP contribution in [0.3, 0.4) is 0 Å². The molecule has 102 valence electrons. The van der Waals surface area contributed by atoms with E-state index in [1.54, 1.807) is 0 Å². The van der Waals surface area contributed by atoms with Crippen molar-refractivity contribution in [3.63, 3.8) is 0 Å². The fourth-order valence-electron chi connectivity index (χ4n) is 3.14. The smallest absolute Gasteiger partial charge is 0.249 e. The number of methoxy groups -OCH3 is 1. The number of carbonyl (C=O) groups excluding carboxylic acids is 1. The van der Waals surface area contributed by atoms with E-state index in [0.717, 1.165) is 25.7 Å². The van der Waals surface area contributed by atoms with E-state index in [-0.39, 0.29) is 6.10 Å². The number of hydrogen-bond donors (Lipinski definition) is 1. The van der Waals surface area contributed by atoms with E-state index in [0.29, 0.717) is 0 Å². The summed E-state index contributed by atoms with van der Waals surface area (Å²) >= 11 is 0. The van der Waals surface area contributed by atoms with Gasteiger partial charge in [-0.25, -0.2) is 0 Å². The zero-order chi connectivity index (χ0) is 12.8. The Morgan fingerprint density at radius 3 is 2.61 bits per heavy atom. The molecule has 0 aromatic carbocycles. The Hall–Kier alpha value is -0.690. The zero-order valence-electron chi connectivity index (χ0n) is 10.5. The van der Waals surface area contributed by atoms with Gasteiger partial charge >= 0.3 is 0 Å². The van der Waals surface area contributed by atoms with Crippen molar-refractivity contribution in [3.05, 3.63) is 0 Å². The summed E-state index contributed by atoms with van der Waals surface area (Å²) in [4.78, 5) is 11.3. The minimum atomic E-state index is -0.786. The zero-order valence-corrected chi connectivity index (χ0v) is 10.5. The lowest BCUT2D eigenvalue weighted by Crippen LogP contribution is -2.44. The standard InChI is InChI=1S/C12H19NO5/c1-15-7-8(10(13)14)16-11-9(7)17-12(18-11)5-3-2-4-6-12/h7-9,11H,2-6H2,1H3,(H2,13,14)/t7-,8-,9+,11-/m1/s1. The van der Waals surface area contributed by atoms with Gasteiger partial charge in [-0.15, -0.1) is 0 Å². The van der Waals surface area contributed by atoms with Crippen LogP contribution in [0.5, 0.6) is 0 Å². The Morgan fingerprint density at radius 2 is 2.00 bits per heavy atom. The molecule has 1 saturated carbocycles. The van der Waals surface area contributed by atoms with Gasteiger partial charge in [0, 0.05) is 20.0 Å². The van der Waals surface area contributed by atoms with Crippen molar-refractivity contribution in [1.29, 1.82) is 0 Å². The summed E-state index contributed by atoms with van der Waals surface area (Å²) in [5.74, 6) is -1.08. The fraction of sp³-hybridized carbons (Fsp3) is 0.917. The van der Waals surface area contributed by atoms with E-state index >= 15 is 0 Å². The summed E-state index contributed by atoms with van der Waals surface area (Å²) in [7, 11) is 1.53. The van der Waals surface area contributed by atoms with Gasteiger partial charge in [0.2, 0.25) is 5.91 Å². The summed E-state index contributed by atoms with van der Waals surface area (Å²) in [6, 6.07) is 0. The third kappa shape index (κ3) is 1.84. The number of primary amides is 1. The van der Waals surface area contributed by atoms with Gasteiger partial charge in [0.15, 0.2) is 18.2 Å². The molecule has 6 nitrogen and oxygen atoms in total. The third-order valence-corrected chi connectivity index (χ3v) is 4.02. The van der Waals surface area contributed by atoms with E-state index < -0.39 is 30.2 Å². The summed E-state index contributed by atoms with van der Waals surface area (Å²) in [6.45, 7) is 0. The second-order valence-electron chi connectivity index (χ2n) is 5.20. The van der Waals surface area contributed by atoms with Gasteiger partial charge in [0.05, 0.1) is 0 Å². The number of carbonyl (C=O) groups is 1. The van der Waals surface area contributed by atoms with Gasteiger partial charge in [-0.05, 0) is 12.8 Å². The Bertz CT molecular complexity index is 341. The third-order valence-electron chi connectivity index (χ3n) is 4.02. The second-order valence-corrected chi connectivity index (χ2v) is 5.20. The predicted molar refractivity (Wildman–Crippen MR) is 60.4 cm³/mol. The molecule has 2 aliphatic heterocycles. The average molecular weight is 257 g/mol. The molecule has 18 heavy (non-hydrogen) atoms. The molecule has 6 heteroatoms. The summed E-state index contributed by atoms with van der Waals surface area (Å²) in [5.41, 5.74) is 5.28. The van der Waals surface area contributed by atoms with Crippen LogP contribution in [0.4, 0.5) is 0 Å². The van der Waals surface area contributed by atoms with Crippen LogP contribution in [0.25, 0.3) is 0 Å². The van der Waals surface area contributed by atoms with Crippen LogP contribution < -0.4 is 5.73 Å². The van der Waals surface area contributed by atoms with Crippen molar-refractivity contribution < 1.29 is 23.7 Å². The Balaban J connectivity index is 1.75. The van der Waals surface area contributed by atoms with E-state index in [4.69, 9.17) is 24.7 Å². The Labute approximate surface area is 106 Å². The van der Waals surface area contributed by atoms with Crippen LogP contribution in [0.15, 0.2) is 0 Å². The highest BCUT2D eigenvalue weighted by Crippen LogP contribution is 2.45. The van der Waals surface area contributed by atoms with E-state index in [2.05, 4.69) is 0 Å². The molecule has 0 aromatic rings. The molecule has 2 N–H and O–H groups in total. The van der Waals surface area contributed by atoms with Gasteiger partial charge in [0.25, 0.3) is 0 Å². The topological polar surface area (TPSA) is 80.0 Å². The molecule has 1 aliphatic carbocycles. The van der Waals surface area contributed by atoms with Crippen molar-refractivity contribution in [1.82, 2.24) is 0 Å². The van der Waals surface area contributed by atoms with Gasteiger partial charge in [0.1, 0.15) is 12.2 Å². The molecule has 0 bridgehead atoms. The van der Waals surface area contributed by atoms with Crippen molar-refractivity contribution in [2.45, 2.75) is 62.5 Å². The van der Waals surface area contributed by atoms with Gasteiger partial charge in [-0.1, -0.05) is 6.42 Å². The Kier molecular flexibility index (Phi) is 3.05. The SMILES string of the molecule is CO[C@H]1[C@@H]2OC3(CCCCC3)O[C@H]2O[C@H]1C(N)=O. The maximum absolute atomic E-state index is 11.3. The lowest BCUT2D eigenvalue weighted by atomic mass is 9.94. The first kappa shape index (κ1) is 12.3. The molecule has 0 radical (unpaired) electrons. The van der Waals surface area contributed by atoms with E-state index in [9.17, 15) is 4.79 Å². The lowest BCUT2D eigenvalue weighted by Gasteiger charge is -2.33. The molecular formula is C12H19NO5. The van der Waals surface area contributed by atoms with Crippen LogP contribution in [-0.4, -0.2) is 43.4 Å². The number of hydrogen-bond acceptors (Lipinski definition) is 5. The van der Waals surface area contributed by atoms with Gasteiger partial charge < -0.3 is 24.7 Å². The summed E-state index contributed by atoms with van der Waals surface area (Å²) in [5, 5.41) is 0. The van der Waals surface area contributed by atoms with Gasteiger partial charge in [-0.2, -0.15) is 0 Å². The molecule has 0 aromatic heterocycles. The first-order chi connectivity index (χ1) is 8.65. The molecule has 2 saturated heterocycles. The minimum absolute atomic E-state index is 0.356. The first-order valence-electron chi connectivity index (χ1n) is 6.48. The van der Waals surface area contributed by atoms with Crippen LogP contribution in [0, 0.1) is 0 Å². The van der Waals surface area contributed by atoms with E-state index in [1.165, 1.54) is 13.5 Å². The van der Waals surface area contributed by atoms with E-state index in [1.807, 2.05) is 0 Å². The van der Waals surface area contributed by atoms with Crippen LogP contribution in [0.1, 0.15) is 32.1 Å². The summed E-state index contributed by atoms with van der Waals surface area (Å²) < 4.78 is 22.7. The quantitative estimate of drug-likeness (QED) is 0.769. The monoisotopic (exact) mass is 257 g/mol. The lowest BCUT2D eigenvalue weighted by molar-refractivity contribution is -0.245. The van der Waals surface area contributed by atoms with Crippen molar-refractivity contribution >= 4 is 5.91 Å². The maximum Gasteiger partial charge on any atom is 0.249 e. The van der Waals surface area contributed by atoms with Crippen LogP contribution in [0.2, 0.25) is 0 Å². The number of fused-ring (bicyclic) bond motifs is 1. The average Bonchev–Trinajstić information content (AvgIpc) is 2.83. The van der Waals surface area contributed by atoms with Crippen LogP contribution >= 0.6 is 0 Å². The number of nitrogens with two attached hydrogens (primary N) is 1. The van der Waals surface area contributed by atoms with Gasteiger partial charge in [-0.3, -0.25) is 4.79 Å². The molecule has 4 atom stereocenters. The minimum Gasteiger partial charge on any atom is -0.375 e. The molecule has 3 fully saturated rings. The highest BCUT2D eigenvalue weighted by molar-refractivity contribution is 5.80. The fourth-order valence-corrected chi connectivity index (χ4v) is 3.14. The normalized spacial score (nSPS) is 42.1. The molecular weight excluding hydrogens is 238 g/mol. The Morgan fingerprint density at radius 1 is 1.28 bits per heavy atom. The molecule has 2 heterocycles. The maximum atomic E-state index is 11.3. The van der Waals surface area contributed by atoms with Crippen LogP contribution in [-0.2, 0) is 23.7 Å². The first-order valence-corrected chi connectivity index (χ1v) is 6.48. The predicted octanol–water partition coefficient (Wildman–Crippen LogP) is 0.287. The highest BCUT2D eigenvalue weighted by Gasteiger charge is 2.59. The number of rotatable bonds is 2. The molecule has 1 spiro atoms. The summed E-state index contributed by atoms with van der Waals surface area (Å²) in [6.07, 6.45) is 2.99. The largest absolute Gasteiger partial charge is 0.375 e. The van der Waals surface area contributed by atoms with Crippen molar-refractivity contribution in [2.24, 2.45) is 5.73 Å². The van der Waals surface area contributed by atoms with Crippen molar-refractivity contribution in [3.8, 4) is 0 Å². The molecule has 3 rings (SSSR count). The molecule has 1 amide bonds. The molecule has 0 unspecified atom stereocenters. The molecule has 3 aliphatic rings. The highest BCUT2D eigenvalue weighted by atomic mass is 16.8.